The van der Waals surface area contributed by atoms with Gasteiger partial charge in [-0.2, -0.15) is 6.08 Å². The first kappa shape index (κ1) is 35.4. The van der Waals surface area contributed by atoms with Gasteiger partial charge >= 0.3 is 0 Å². The minimum atomic E-state index is -0.624. The number of nitrogens with one attached hydrogen (secondary N) is 1. The number of cyclic esters (lactones) is 2. The number of carbonyl (C=O) groups is 4. The van der Waals surface area contributed by atoms with Crippen molar-refractivity contribution in [3.63, 3.8) is 0 Å². The van der Waals surface area contributed by atoms with E-state index < -0.39 is 11.9 Å². The van der Waals surface area contributed by atoms with Gasteiger partial charge in [-0.1, -0.05) is 97.1 Å². The number of esters is 2. The minimum absolute atomic E-state index is 0. The van der Waals surface area contributed by atoms with Gasteiger partial charge in [0.2, 0.25) is 5.91 Å². The second-order valence-electron chi connectivity index (χ2n) is 8.98. The van der Waals surface area contributed by atoms with Gasteiger partial charge in [0, 0.05) is 31.5 Å². The summed E-state index contributed by atoms with van der Waals surface area (Å²) in [7, 11) is 5.08. The molecule has 1 aliphatic heterocycles. The molecule has 0 saturated heterocycles. The van der Waals surface area contributed by atoms with Crippen LogP contribution in [0.25, 0.3) is 0 Å². The van der Waals surface area contributed by atoms with Crippen molar-refractivity contribution in [2.45, 2.75) is 18.9 Å². The Balaban J connectivity index is 0.000000279. The van der Waals surface area contributed by atoms with Gasteiger partial charge in [-0.3, -0.25) is 20.5 Å². The third-order valence-corrected chi connectivity index (χ3v) is 6.91. The van der Waals surface area contributed by atoms with Gasteiger partial charge in [0.25, 0.3) is 11.9 Å². The largest absolute Gasteiger partial charge is 0.485 e. The molecule has 1 heterocycles. The summed E-state index contributed by atoms with van der Waals surface area (Å²) in [6, 6.07) is 35.0. The van der Waals surface area contributed by atoms with E-state index in [1.807, 2.05) is 72.8 Å². The molecule has 10 heteroatoms. The van der Waals surface area contributed by atoms with Crippen LogP contribution in [0.1, 0.15) is 44.3 Å². The molecule has 0 bridgehead atoms. The second-order valence-corrected chi connectivity index (χ2v) is 10.2. The summed E-state index contributed by atoms with van der Waals surface area (Å²) in [5.41, 5.74) is 8.62. The van der Waals surface area contributed by atoms with Gasteiger partial charge in [-0.25, -0.2) is 0 Å². The van der Waals surface area contributed by atoms with Crippen LogP contribution in [-0.4, -0.2) is 23.8 Å². The van der Waals surface area contributed by atoms with E-state index in [4.69, 9.17) is 5.73 Å². The number of hydrogen-bond acceptors (Lipinski definition) is 5. The van der Waals surface area contributed by atoms with E-state index in [0.29, 0.717) is 11.1 Å². The van der Waals surface area contributed by atoms with Crippen molar-refractivity contribution in [2.24, 2.45) is 5.73 Å². The van der Waals surface area contributed by atoms with E-state index in [9.17, 15) is 19.2 Å². The molecule has 2 amide bonds. The Kier molecular flexibility index (Phi) is 15.4. The molecule has 3 atom stereocenters. The monoisotopic (exact) mass is 703 g/mol. The normalized spacial score (nSPS) is 12.1. The fourth-order valence-electron chi connectivity index (χ4n) is 3.84. The maximum Gasteiger partial charge on any atom is 0.282 e. The van der Waals surface area contributed by atoms with Crippen LogP contribution in [0, 0.1) is 6.08 Å². The van der Waals surface area contributed by atoms with E-state index in [0.717, 1.165) is 28.7 Å². The van der Waals surface area contributed by atoms with Crippen molar-refractivity contribution >= 4 is 52.8 Å². The van der Waals surface area contributed by atoms with Gasteiger partial charge in [-0.15, -0.1) is 18.5 Å². The zero-order chi connectivity index (χ0) is 30.3. The average molecular weight is 704 g/mol. The van der Waals surface area contributed by atoms with E-state index in [1.54, 1.807) is 12.1 Å². The van der Waals surface area contributed by atoms with Gasteiger partial charge in [0.05, 0.1) is 6.04 Å². The van der Waals surface area contributed by atoms with Crippen LogP contribution < -0.4 is 21.7 Å². The number of hydrogen-bond donors (Lipinski definition) is 2. The Morgan fingerprint density at radius 2 is 1.30 bits per heavy atom. The van der Waals surface area contributed by atoms with Crippen LogP contribution in [0.3, 0.4) is 0 Å². The Labute approximate surface area is 269 Å². The van der Waals surface area contributed by atoms with E-state index >= 15 is 0 Å². The Hall–Kier alpha value is -3.78. The molecule has 3 unspecified atom stereocenters. The topological polar surface area (TPSA) is 116 Å². The summed E-state index contributed by atoms with van der Waals surface area (Å²) in [5.74, 6) is -1.59. The van der Waals surface area contributed by atoms with Crippen LogP contribution in [0.4, 0.5) is 0 Å². The van der Waals surface area contributed by atoms with E-state index in [1.165, 1.54) is 5.56 Å². The molecule has 3 N–H and O–H groups in total. The first-order valence-electron chi connectivity index (χ1n) is 12.9. The van der Waals surface area contributed by atoms with Crippen molar-refractivity contribution in [3.8, 4) is 0 Å². The first-order chi connectivity index (χ1) is 20.2. The van der Waals surface area contributed by atoms with Crippen LogP contribution in [0.15, 0.2) is 115 Å². The van der Waals surface area contributed by atoms with Crippen molar-refractivity contribution in [2.75, 3.05) is 0 Å². The summed E-state index contributed by atoms with van der Waals surface area (Å²) >= 11 is 0. The Morgan fingerprint density at radius 3 is 1.77 bits per heavy atom. The zero-order valence-electron chi connectivity index (χ0n) is 23.1. The minimum Gasteiger partial charge on any atom is -0.485 e. The van der Waals surface area contributed by atoms with Gasteiger partial charge in [-0.05, 0) is 46.7 Å². The predicted octanol–water partition coefficient (Wildman–Crippen LogP) is 4.00. The number of ether oxygens (including phenoxy) is 1. The number of nitrogens with two attached hydrogens (primary N) is 1. The maximum absolute atomic E-state index is 12.7. The molecular formula is C33H31N2O5P2Pd-. The second kappa shape index (κ2) is 18.7. The van der Waals surface area contributed by atoms with Gasteiger partial charge in [0.1, 0.15) is 0 Å². The molecule has 43 heavy (non-hydrogen) atoms. The summed E-state index contributed by atoms with van der Waals surface area (Å²) in [5, 5.41) is 4.93. The summed E-state index contributed by atoms with van der Waals surface area (Å²) in [4.78, 5) is 43.6. The zero-order valence-corrected chi connectivity index (χ0v) is 26.9. The molecule has 0 aliphatic carbocycles. The molecule has 0 spiro atoms. The van der Waals surface area contributed by atoms with E-state index in [2.05, 4.69) is 58.9 Å². The fraction of sp³-hybridized carbons (Fsp3) is 0.0909. The van der Waals surface area contributed by atoms with Crippen molar-refractivity contribution in [1.82, 2.24) is 5.32 Å². The number of primary amides is 1. The summed E-state index contributed by atoms with van der Waals surface area (Å²) in [6.07, 6.45) is 4.40. The third-order valence-electron chi connectivity index (χ3n) is 5.90. The molecule has 0 fully saturated rings. The van der Waals surface area contributed by atoms with Crippen LogP contribution in [0.2, 0.25) is 0 Å². The smallest absolute Gasteiger partial charge is 0.282 e. The number of amides is 2. The predicted molar refractivity (Wildman–Crippen MR) is 170 cm³/mol. The molecule has 7 nitrogen and oxygen atoms in total. The number of carbonyl (C=O) groups excluding carboxylic acids is 4. The fourth-order valence-corrected chi connectivity index (χ4v) is 4.53. The number of rotatable bonds is 6. The van der Waals surface area contributed by atoms with E-state index in [-0.39, 0.29) is 44.7 Å². The quantitative estimate of drug-likeness (QED) is 0.104. The van der Waals surface area contributed by atoms with Gasteiger partial charge in [0.15, 0.2) is 5.97 Å². The van der Waals surface area contributed by atoms with Crippen LogP contribution >= 0.6 is 18.5 Å². The average Bonchev–Trinajstić information content (AvgIpc) is 2.99. The SMILES string of the molecule is NC(=O)c1ccccc1P.O=C(NC(Cc1ccccc1)c1ccccc1)c1ccccc1P.O=C1C=[C-]CC(=O)O1.[Pd]. The molecule has 0 aromatic heterocycles. The molecule has 224 valence electrons. The van der Waals surface area contributed by atoms with Gasteiger partial charge < -0.3 is 20.6 Å². The molecule has 0 saturated carbocycles. The summed E-state index contributed by atoms with van der Waals surface area (Å²) < 4.78 is 4.09. The maximum atomic E-state index is 12.7. The summed E-state index contributed by atoms with van der Waals surface area (Å²) in [6.45, 7) is 0. The molecular weight excluding hydrogens is 673 g/mol. The standard InChI is InChI=1S/C21H20NOP.C7H8NOP.C5H3O3.Pd/c23-21(18-13-7-8-14-20(18)24)22-19(17-11-5-2-6-12-17)15-16-9-3-1-4-10-16;8-7(9)5-3-1-2-4-6(5)10;6-4-2-1-3-5(7)8-4;/h1-14,19H,15,24H2,(H,22,23);1-4H,10H2,(H2,8,9);2H,3H2;/q;;-1;. The van der Waals surface area contributed by atoms with Crippen molar-refractivity contribution in [3.05, 3.63) is 144 Å². The number of benzene rings is 4. The van der Waals surface area contributed by atoms with Crippen molar-refractivity contribution in [1.29, 1.82) is 0 Å². The molecule has 4 aromatic rings. The van der Waals surface area contributed by atoms with Crippen molar-refractivity contribution < 1.29 is 44.3 Å². The molecule has 4 aromatic carbocycles. The Bertz CT molecular complexity index is 1550. The molecule has 5 rings (SSSR count). The van der Waals surface area contributed by atoms with Crippen LogP contribution in [-0.2, 0) is 41.2 Å². The Morgan fingerprint density at radius 1 is 0.791 bits per heavy atom. The first-order valence-corrected chi connectivity index (χ1v) is 14.1. The molecule has 1 aliphatic rings. The third kappa shape index (κ3) is 12.2. The molecule has 0 radical (unpaired) electrons. The van der Waals surface area contributed by atoms with Crippen LogP contribution in [0.5, 0.6) is 0 Å².